The molecule has 1 heterocycles. The number of ether oxygens (including phenoxy) is 1. The second kappa shape index (κ2) is 7.58. The van der Waals surface area contributed by atoms with Crippen LogP contribution in [0, 0.1) is 5.41 Å². The van der Waals surface area contributed by atoms with Gasteiger partial charge in [-0.3, -0.25) is 5.41 Å². The van der Waals surface area contributed by atoms with Crippen LogP contribution in [0.5, 0.6) is 5.75 Å². The molecule has 0 saturated heterocycles. The lowest BCUT2D eigenvalue weighted by atomic mass is 10.2. The van der Waals surface area contributed by atoms with Crippen LogP contribution in [0.15, 0.2) is 22.2 Å². The van der Waals surface area contributed by atoms with E-state index < -0.39 is 30.0 Å². The van der Waals surface area contributed by atoms with Crippen molar-refractivity contribution in [2.24, 2.45) is 10.1 Å². The fourth-order valence-corrected chi connectivity index (χ4v) is 2.11. The van der Waals surface area contributed by atoms with E-state index in [1.807, 2.05) is 0 Å². The Bertz CT molecular complexity index is 763. The van der Waals surface area contributed by atoms with Crippen LogP contribution in [0.1, 0.15) is 0 Å². The first-order valence-electron chi connectivity index (χ1n) is 7.33. The lowest BCUT2D eigenvalue weighted by molar-refractivity contribution is -0.0571. The first-order valence-corrected chi connectivity index (χ1v) is 7.33. The molecule has 1 aliphatic rings. The normalized spacial score (nSPS) is 16.3. The number of aliphatic hydroxyl groups is 2. The second-order valence-electron chi connectivity index (χ2n) is 5.12. The van der Waals surface area contributed by atoms with Crippen molar-refractivity contribution in [3.63, 3.8) is 0 Å². The molecule has 0 spiro atoms. The van der Waals surface area contributed by atoms with Crippen molar-refractivity contribution in [2.75, 3.05) is 37.8 Å². The number of rotatable bonds is 6. The monoisotopic (exact) mass is 374 g/mol. The number of aliphatic imine (C=N–C) groups is 1. The number of nitrogens with one attached hydrogen (secondary N) is 1. The summed E-state index contributed by atoms with van der Waals surface area (Å²) in [4.78, 5) is 3.82. The molecule has 142 valence electrons. The van der Waals surface area contributed by atoms with Gasteiger partial charge in [-0.2, -0.15) is 18.3 Å². The molecular formula is C14H17F3N6O3. The first kappa shape index (κ1) is 19.5. The lowest BCUT2D eigenvalue weighted by Gasteiger charge is -2.12. The lowest BCUT2D eigenvalue weighted by Crippen LogP contribution is -2.33. The molecule has 0 bridgehead atoms. The van der Waals surface area contributed by atoms with Crippen LogP contribution in [-0.2, 0) is 0 Å². The van der Waals surface area contributed by atoms with Gasteiger partial charge in [0.05, 0.1) is 36.8 Å². The molecule has 0 saturated carbocycles. The van der Waals surface area contributed by atoms with E-state index in [0.717, 1.165) is 0 Å². The van der Waals surface area contributed by atoms with E-state index in [1.165, 1.54) is 12.1 Å². The Hall–Kier alpha value is -2.86. The van der Waals surface area contributed by atoms with E-state index in [4.69, 9.17) is 31.8 Å². The summed E-state index contributed by atoms with van der Waals surface area (Å²) in [5, 5.41) is 29.5. The number of anilines is 2. The summed E-state index contributed by atoms with van der Waals surface area (Å²) < 4.78 is 44.8. The summed E-state index contributed by atoms with van der Waals surface area (Å²) in [6.45, 7) is -1.16. The molecule has 26 heavy (non-hydrogen) atoms. The van der Waals surface area contributed by atoms with Crippen molar-refractivity contribution < 1.29 is 28.1 Å². The number of hydrogen-bond acceptors (Lipinski definition) is 8. The number of aliphatic hydroxyl groups excluding tert-OH is 2. The van der Waals surface area contributed by atoms with Crippen molar-refractivity contribution in [1.82, 2.24) is 5.01 Å². The first-order chi connectivity index (χ1) is 12.2. The van der Waals surface area contributed by atoms with Crippen LogP contribution in [0.25, 0.3) is 0 Å². The number of β-amino-alcohol motifs (C(OH)–C–C–N with tert-alkyl or cyclic N) is 1. The molecule has 0 radical (unpaired) electrons. The summed E-state index contributed by atoms with van der Waals surface area (Å²) in [5.41, 5.74) is 9.34. The maximum atomic E-state index is 13.2. The number of alkyl halides is 3. The minimum atomic E-state index is -4.85. The van der Waals surface area contributed by atoms with Crippen LogP contribution in [0.4, 0.5) is 30.2 Å². The van der Waals surface area contributed by atoms with Gasteiger partial charge in [-0.25, -0.2) is 10.0 Å². The molecule has 7 N–H and O–H groups in total. The van der Waals surface area contributed by atoms with Gasteiger partial charge in [0.2, 0.25) is 0 Å². The molecule has 9 nitrogen and oxygen atoms in total. The standard InChI is InChI=1S/C14H17F3N6O3/c15-14(16,17)12-11(13(20)23(22-12)1-2-24)21-9-6-10(26-4-3-25)8(19)5-7(9)18/h5-6,20,24-25H,1-4,18-19H2. The smallest absolute Gasteiger partial charge is 0.437 e. The highest BCUT2D eigenvalue weighted by Gasteiger charge is 2.46. The molecule has 1 aliphatic heterocycles. The highest BCUT2D eigenvalue weighted by atomic mass is 19.4. The van der Waals surface area contributed by atoms with E-state index in [1.54, 1.807) is 0 Å². The Labute approximate surface area is 145 Å². The summed E-state index contributed by atoms with van der Waals surface area (Å²) in [6.07, 6.45) is -4.85. The largest absolute Gasteiger partial charge is 0.489 e. The Morgan fingerprint density at radius 3 is 2.46 bits per heavy atom. The molecule has 0 fully saturated rings. The number of hydrazone groups is 1. The van der Waals surface area contributed by atoms with Crippen molar-refractivity contribution in [3.05, 3.63) is 12.1 Å². The predicted molar refractivity (Wildman–Crippen MR) is 90.0 cm³/mol. The Kier molecular flexibility index (Phi) is 5.67. The van der Waals surface area contributed by atoms with Crippen molar-refractivity contribution in [3.8, 4) is 5.75 Å². The van der Waals surface area contributed by atoms with Crippen molar-refractivity contribution >= 4 is 34.3 Å². The van der Waals surface area contributed by atoms with E-state index in [2.05, 4.69) is 10.1 Å². The maximum absolute atomic E-state index is 13.2. The van der Waals surface area contributed by atoms with Gasteiger partial charge < -0.3 is 26.4 Å². The number of nitrogens with zero attached hydrogens (tertiary/aromatic N) is 3. The number of nitrogen functional groups attached to an aromatic ring is 2. The quantitative estimate of drug-likeness (QED) is 0.457. The van der Waals surface area contributed by atoms with Crippen LogP contribution >= 0.6 is 0 Å². The van der Waals surface area contributed by atoms with E-state index in [9.17, 15) is 13.2 Å². The Balaban J connectivity index is 2.49. The third-order valence-corrected chi connectivity index (χ3v) is 3.25. The van der Waals surface area contributed by atoms with E-state index in [-0.39, 0.29) is 42.6 Å². The number of halogens is 3. The number of hydrogen-bond donors (Lipinski definition) is 5. The van der Waals surface area contributed by atoms with E-state index >= 15 is 0 Å². The van der Waals surface area contributed by atoms with Crippen molar-refractivity contribution in [2.45, 2.75) is 6.18 Å². The van der Waals surface area contributed by atoms with Gasteiger partial charge in [0.15, 0.2) is 11.5 Å². The molecule has 1 aromatic rings. The summed E-state index contributed by atoms with van der Waals surface area (Å²) in [5.74, 6) is -0.546. The Morgan fingerprint density at radius 1 is 1.19 bits per heavy atom. The van der Waals surface area contributed by atoms with Gasteiger partial charge in [-0.1, -0.05) is 0 Å². The molecule has 12 heteroatoms. The zero-order valence-corrected chi connectivity index (χ0v) is 13.4. The number of nitrogens with two attached hydrogens (primary N) is 2. The molecule has 0 atom stereocenters. The Morgan fingerprint density at radius 2 is 1.88 bits per heavy atom. The number of amidine groups is 1. The van der Waals surface area contributed by atoms with Gasteiger partial charge in [0.25, 0.3) is 0 Å². The van der Waals surface area contributed by atoms with Gasteiger partial charge in [-0.05, 0) is 6.07 Å². The molecular weight excluding hydrogens is 357 g/mol. The molecule has 0 unspecified atom stereocenters. The zero-order chi connectivity index (χ0) is 19.5. The highest BCUT2D eigenvalue weighted by molar-refractivity contribution is 6.70. The maximum Gasteiger partial charge on any atom is 0.437 e. The molecule has 1 aromatic carbocycles. The van der Waals surface area contributed by atoms with Gasteiger partial charge >= 0.3 is 6.18 Å². The summed E-state index contributed by atoms with van der Waals surface area (Å²) in [7, 11) is 0. The average Bonchev–Trinajstić information content (AvgIpc) is 2.86. The highest BCUT2D eigenvalue weighted by Crippen LogP contribution is 2.34. The zero-order valence-electron chi connectivity index (χ0n) is 13.4. The topological polar surface area (TPSA) is 154 Å². The van der Waals surface area contributed by atoms with Crippen LogP contribution in [0.3, 0.4) is 0 Å². The second-order valence-corrected chi connectivity index (χ2v) is 5.12. The fourth-order valence-electron chi connectivity index (χ4n) is 2.11. The van der Waals surface area contributed by atoms with Crippen LogP contribution in [-0.4, -0.2) is 65.0 Å². The summed E-state index contributed by atoms with van der Waals surface area (Å²) in [6, 6.07) is 2.46. The molecule has 0 aliphatic carbocycles. The minimum Gasteiger partial charge on any atom is -0.489 e. The third-order valence-electron chi connectivity index (χ3n) is 3.25. The minimum absolute atomic E-state index is 0.0266. The van der Waals surface area contributed by atoms with Gasteiger partial charge in [0.1, 0.15) is 18.1 Å². The van der Waals surface area contributed by atoms with Crippen LogP contribution in [0.2, 0.25) is 0 Å². The number of benzene rings is 1. The third kappa shape index (κ3) is 4.03. The summed E-state index contributed by atoms with van der Waals surface area (Å²) >= 11 is 0. The predicted octanol–water partition coefficient (Wildman–Crippen LogP) is 0.498. The average molecular weight is 374 g/mol. The molecule has 2 rings (SSSR count). The fraction of sp³-hybridized carbons (Fsp3) is 0.357. The van der Waals surface area contributed by atoms with Crippen LogP contribution < -0.4 is 16.2 Å². The van der Waals surface area contributed by atoms with Crippen molar-refractivity contribution in [1.29, 1.82) is 5.41 Å². The molecule has 0 amide bonds. The van der Waals surface area contributed by atoms with Gasteiger partial charge in [0, 0.05) is 6.07 Å². The van der Waals surface area contributed by atoms with Gasteiger partial charge in [-0.15, -0.1) is 0 Å². The SMILES string of the molecule is N=C1C(=Nc2cc(OCCO)c(N)cc2N)C(C(F)(F)F)=NN1CCO. The van der Waals surface area contributed by atoms with E-state index in [0.29, 0.717) is 5.01 Å². The molecule has 0 aromatic heterocycles.